The molecule has 0 unspecified atom stereocenters. The molecule has 0 aliphatic carbocycles. The first-order valence-electron chi connectivity index (χ1n) is 7.08. The number of phenols is 1. The number of carbonyl (C=O) groups is 2. The van der Waals surface area contributed by atoms with Crippen molar-refractivity contribution < 1.29 is 19.8 Å². The van der Waals surface area contributed by atoms with E-state index >= 15 is 0 Å². The number of anilines is 1. The maximum atomic E-state index is 12.2. The molecule has 0 aliphatic heterocycles. The van der Waals surface area contributed by atoms with Gasteiger partial charge >= 0.3 is 11.7 Å². The van der Waals surface area contributed by atoms with Gasteiger partial charge in [-0.25, -0.2) is 9.59 Å². The van der Waals surface area contributed by atoms with Crippen molar-refractivity contribution in [1.82, 2.24) is 14.8 Å². The number of rotatable bonds is 4. The van der Waals surface area contributed by atoms with Crippen molar-refractivity contribution in [3.8, 4) is 11.4 Å². The standard InChI is InChI=1S/C16H12N4O5/c21-12-7-6-9(8-11(12)15(23)24)17-14(22)13-18-16(25)20(19-13)10-4-2-1-3-5-10/h1-8,21H,(H,17,22)(H,23,24)(H,18,19,25). The Morgan fingerprint density at radius 1 is 1.12 bits per heavy atom. The van der Waals surface area contributed by atoms with Crippen molar-refractivity contribution >= 4 is 17.6 Å². The monoisotopic (exact) mass is 340 g/mol. The number of aromatic hydroxyl groups is 1. The molecule has 3 aromatic rings. The maximum absolute atomic E-state index is 12.2. The lowest BCUT2D eigenvalue weighted by Crippen LogP contribution is -2.16. The molecule has 1 aromatic heterocycles. The summed E-state index contributed by atoms with van der Waals surface area (Å²) in [6.07, 6.45) is 0. The van der Waals surface area contributed by atoms with Crippen molar-refractivity contribution in [2.45, 2.75) is 0 Å². The number of para-hydroxylation sites is 1. The number of amides is 1. The predicted molar refractivity (Wildman–Crippen MR) is 87.2 cm³/mol. The van der Waals surface area contributed by atoms with E-state index in [4.69, 9.17) is 5.11 Å². The van der Waals surface area contributed by atoms with Gasteiger partial charge in [-0.2, -0.15) is 4.68 Å². The number of aromatic nitrogens is 3. The number of nitrogens with one attached hydrogen (secondary N) is 2. The van der Waals surface area contributed by atoms with Gasteiger partial charge in [0.05, 0.1) is 5.69 Å². The number of benzene rings is 2. The summed E-state index contributed by atoms with van der Waals surface area (Å²) in [5.74, 6) is -2.73. The summed E-state index contributed by atoms with van der Waals surface area (Å²) in [6.45, 7) is 0. The van der Waals surface area contributed by atoms with Crippen LogP contribution in [0.1, 0.15) is 21.0 Å². The maximum Gasteiger partial charge on any atom is 0.348 e. The van der Waals surface area contributed by atoms with E-state index in [0.29, 0.717) is 5.69 Å². The Bertz CT molecular complexity index is 1010. The number of H-pyrrole nitrogens is 1. The zero-order valence-corrected chi connectivity index (χ0v) is 12.6. The highest BCUT2D eigenvalue weighted by Gasteiger charge is 2.16. The number of hydrogen-bond acceptors (Lipinski definition) is 5. The van der Waals surface area contributed by atoms with Crippen LogP contribution in [0.5, 0.6) is 5.75 Å². The zero-order valence-electron chi connectivity index (χ0n) is 12.6. The van der Waals surface area contributed by atoms with E-state index in [1.165, 1.54) is 6.07 Å². The number of hydrogen-bond donors (Lipinski definition) is 4. The van der Waals surface area contributed by atoms with E-state index in [1.54, 1.807) is 30.3 Å². The van der Waals surface area contributed by atoms with Crippen molar-refractivity contribution in [2.24, 2.45) is 0 Å². The number of nitrogens with zero attached hydrogens (tertiary/aromatic N) is 2. The second-order valence-corrected chi connectivity index (χ2v) is 5.02. The Balaban J connectivity index is 1.87. The third kappa shape index (κ3) is 3.24. The molecule has 0 radical (unpaired) electrons. The van der Waals surface area contributed by atoms with E-state index < -0.39 is 23.3 Å². The summed E-state index contributed by atoms with van der Waals surface area (Å²) in [7, 11) is 0. The topological polar surface area (TPSA) is 137 Å². The first-order chi connectivity index (χ1) is 12.0. The van der Waals surface area contributed by atoms with Crippen LogP contribution in [-0.4, -0.2) is 36.9 Å². The minimum Gasteiger partial charge on any atom is -0.507 e. The molecule has 0 fully saturated rings. The Hall–Kier alpha value is -3.88. The molecular formula is C16H12N4O5. The van der Waals surface area contributed by atoms with Gasteiger partial charge < -0.3 is 15.5 Å². The molecule has 0 aliphatic rings. The van der Waals surface area contributed by atoms with Crippen LogP contribution in [0.2, 0.25) is 0 Å². The van der Waals surface area contributed by atoms with Crippen LogP contribution in [0.15, 0.2) is 53.3 Å². The van der Waals surface area contributed by atoms with Crippen LogP contribution in [0.4, 0.5) is 5.69 Å². The van der Waals surface area contributed by atoms with Gasteiger partial charge in [0.15, 0.2) is 0 Å². The van der Waals surface area contributed by atoms with Gasteiger partial charge in [0.1, 0.15) is 11.3 Å². The lowest BCUT2D eigenvalue weighted by Gasteiger charge is -2.05. The highest BCUT2D eigenvalue weighted by atomic mass is 16.4. The molecule has 1 heterocycles. The summed E-state index contributed by atoms with van der Waals surface area (Å²) in [5, 5.41) is 24.8. The summed E-state index contributed by atoms with van der Waals surface area (Å²) in [5.41, 5.74) is -0.328. The van der Waals surface area contributed by atoms with Gasteiger partial charge in [-0.3, -0.25) is 9.78 Å². The zero-order chi connectivity index (χ0) is 18.0. The summed E-state index contributed by atoms with van der Waals surface area (Å²) >= 11 is 0. The first-order valence-corrected chi connectivity index (χ1v) is 7.08. The molecule has 25 heavy (non-hydrogen) atoms. The molecule has 1 amide bonds. The highest BCUT2D eigenvalue weighted by Crippen LogP contribution is 2.21. The Morgan fingerprint density at radius 3 is 2.52 bits per heavy atom. The Kier molecular flexibility index (Phi) is 4.04. The second-order valence-electron chi connectivity index (χ2n) is 5.02. The summed E-state index contributed by atoms with van der Waals surface area (Å²) in [4.78, 5) is 37.5. The number of aromatic carboxylic acids is 1. The van der Waals surface area contributed by atoms with E-state index in [9.17, 15) is 19.5 Å². The Morgan fingerprint density at radius 2 is 1.84 bits per heavy atom. The molecule has 0 saturated carbocycles. The molecule has 2 aromatic carbocycles. The number of carboxylic acid groups (broad SMARTS) is 1. The van der Waals surface area contributed by atoms with Gasteiger partial charge in [-0.1, -0.05) is 18.2 Å². The third-order valence-electron chi connectivity index (χ3n) is 3.32. The third-order valence-corrected chi connectivity index (χ3v) is 3.32. The second kappa shape index (κ2) is 6.32. The van der Waals surface area contributed by atoms with Crippen LogP contribution in [0.3, 0.4) is 0 Å². The van der Waals surface area contributed by atoms with Crippen LogP contribution >= 0.6 is 0 Å². The molecule has 126 valence electrons. The highest BCUT2D eigenvalue weighted by molar-refractivity contribution is 6.02. The van der Waals surface area contributed by atoms with Gasteiger partial charge in [-0.15, -0.1) is 5.10 Å². The van der Waals surface area contributed by atoms with Gasteiger partial charge in [0.25, 0.3) is 5.91 Å². The van der Waals surface area contributed by atoms with Gasteiger partial charge in [0.2, 0.25) is 5.82 Å². The molecular weight excluding hydrogens is 328 g/mol. The number of carboxylic acids is 1. The SMILES string of the molecule is O=C(Nc1ccc(O)c(C(=O)O)c1)c1nn(-c2ccccc2)c(=O)[nH]1. The number of aromatic amines is 1. The van der Waals surface area contributed by atoms with Crippen molar-refractivity contribution in [1.29, 1.82) is 0 Å². The predicted octanol–water partition coefficient (Wildman–Crippen LogP) is 1.22. The fourth-order valence-electron chi connectivity index (χ4n) is 2.15. The normalized spacial score (nSPS) is 10.4. The van der Waals surface area contributed by atoms with E-state index in [-0.39, 0.29) is 17.1 Å². The quantitative estimate of drug-likeness (QED) is 0.527. The van der Waals surface area contributed by atoms with E-state index in [0.717, 1.165) is 16.8 Å². The van der Waals surface area contributed by atoms with Crippen LogP contribution in [0.25, 0.3) is 5.69 Å². The molecule has 3 rings (SSSR count). The van der Waals surface area contributed by atoms with Crippen molar-refractivity contribution in [2.75, 3.05) is 5.32 Å². The lowest BCUT2D eigenvalue weighted by molar-refractivity contribution is 0.0693. The largest absolute Gasteiger partial charge is 0.507 e. The summed E-state index contributed by atoms with van der Waals surface area (Å²) < 4.78 is 1.04. The summed E-state index contributed by atoms with van der Waals surface area (Å²) in [6, 6.07) is 12.1. The van der Waals surface area contributed by atoms with Crippen LogP contribution < -0.4 is 11.0 Å². The number of carbonyl (C=O) groups excluding carboxylic acids is 1. The van der Waals surface area contributed by atoms with Crippen LogP contribution in [-0.2, 0) is 0 Å². The molecule has 0 bridgehead atoms. The fourth-order valence-corrected chi connectivity index (χ4v) is 2.15. The molecule has 9 heteroatoms. The van der Waals surface area contributed by atoms with Crippen molar-refractivity contribution in [3.63, 3.8) is 0 Å². The van der Waals surface area contributed by atoms with E-state index in [2.05, 4.69) is 15.4 Å². The average Bonchev–Trinajstić information content (AvgIpc) is 2.99. The first kappa shape index (κ1) is 16.0. The Labute approximate surface area is 140 Å². The van der Waals surface area contributed by atoms with E-state index in [1.807, 2.05) is 0 Å². The minimum absolute atomic E-state index is 0.135. The average molecular weight is 340 g/mol. The minimum atomic E-state index is -1.34. The molecule has 0 spiro atoms. The lowest BCUT2D eigenvalue weighted by atomic mass is 10.2. The smallest absolute Gasteiger partial charge is 0.348 e. The molecule has 0 saturated heterocycles. The van der Waals surface area contributed by atoms with Crippen LogP contribution in [0, 0.1) is 0 Å². The molecule has 4 N–H and O–H groups in total. The van der Waals surface area contributed by atoms with Gasteiger partial charge in [0, 0.05) is 5.69 Å². The molecule has 0 atom stereocenters. The van der Waals surface area contributed by atoms with Crippen molar-refractivity contribution in [3.05, 3.63) is 70.4 Å². The fraction of sp³-hybridized carbons (Fsp3) is 0. The molecule has 9 nitrogen and oxygen atoms in total. The van der Waals surface area contributed by atoms with Gasteiger partial charge in [-0.05, 0) is 30.3 Å².